The first-order valence-corrected chi connectivity index (χ1v) is 6.16. The van der Waals surface area contributed by atoms with E-state index in [-0.39, 0.29) is 24.0 Å². The molecule has 20 heavy (non-hydrogen) atoms. The highest BCUT2D eigenvalue weighted by Crippen LogP contribution is 2.23. The smallest absolute Gasteiger partial charge is 0.313 e. The monoisotopic (exact) mass is 298 g/mol. The quantitative estimate of drug-likeness (QED) is 0.359. The summed E-state index contributed by atoms with van der Waals surface area (Å²) in [6.45, 7) is 1.76. The summed E-state index contributed by atoms with van der Waals surface area (Å²) in [5, 5.41) is 7.44. The molecular formula is C12H15ClN4O3. The number of rotatable bonds is 4. The minimum atomic E-state index is -0.848. The van der Waals surface area contributed by atoms with Crippen molar-refractivity contribution in [3.05, 3.63) is 23.2 Å². The van der Waals surface area contributed by atoms with Crippen LogP contribution in [-0.4, -0.2) is 30.8 Å². The van der Waals surface area contributed by atoms with Crippen molar-refractivity contribution in [2.45, 2.75) is 6.92 Å². The summed E-state index contributed by atoms with van der Waals surface area (Å²) >= 11 is 5.87. The van der Waals surface area contributed by atoms with Gasteiger partial charge in [-0.25, -0.2) is 0 Å². The third kappa shape index (κ3) is 5.15. The van der Waals surface area contributed by atoms with Gasteiger partial charge in [0.25, 0.3) is 0 Å². The zero-order valence-electron chi connectivity index (χ0n) is 10.8. The minimum absolute atomic E-state index is 0.154. The van der Waals surface area contributed by atoms with E-state index in [0.29, 0.717) is 11.4 Å². The molecule has 0 aromatic heterocycles. The number of hydrogen-bond acceptors (Lipinski definition) is 4. The molecule has 108 valence electrons. The number of halogens is 1. The van der Waals surface area contributed by atoms with Crippen molar-refractivity contribution >= 4 is 40.7 Å². The summed E-state index contributed by atoms with van der Waals surface area (Å²) in [5.74, 6) is -1.87. The molecule has 1 aromatic rings. The van der Waals surface area contributed by atoms with Crippen molar-refractivity contribution in [2.24, 2.45) is 0 Å². The number of carbonyl (C=O) groups excluding carboxylic acids is 3. The molecule has 3 amide bonds. The second-order valence-corrected chi connectivity index (χ2v) is 4.34. The van der Waals surface area contributed by atoms with Crippen LogP contribution in [-0.2, 0) is 14.4 Å². The Labute approximate surface area is 120 Å². The first-order valence-electron chi connectivity index (χ1n) is 5.79. The maximum atomic E-state index is 11.6. The van der Waals surface area contributed by atoms with Crippen molar-refractivity contribution in [3.63, 3.8) is 0 Å². The molecule has 0 bridgehead atoms. The van der Waals surface area contributed by atoms with Gasteiger partial charge < -0.3 is 21.7 Å². The predicted octanol–water partition coefficient (Wildman–Crippen LogP) is 0.113. The fourth-order valence-corrected chi connectivity index (χ4v) is 1.54. The fourth-order valence-electron chi connectivity index (χ4n) is 1.31. The third-order valence-corrected chi connectivity index (χ3v) is 2.54. The van der Waals surface area contributed by atoms with Crippen molar-refractivity contribution in [3.8, 4) is 0 Å². The van der Waals surface area contributed by atoms with Crippen LogP contribution in [0.1, 0.15) is 6.92 Å². The van der Waals surface area contributed by atoms with E-state index in [1.165, 1.54) is 19.1 Å². The molecule has 0 aliphatic carbocycles. The summed E-state index contributed by atoms with van der Waals surface area (Å²) < 4.78 is 0. The van der Waals surface area contributed by atoms with E-state index in [9.17, 15) is 14.4 Å². The highest BCUT2D eigenvalue weighted by atomic mass is 35.5. The van der Waals surface area contributed by atoms with Crippen LogP contribution in [0.4, 0.5) is 11.4 Å². The Morgan fingerprint density at radius 2 is 1.80 bits per heavy atom. The number of nitrogens with two attached hydrogens (primary N) is 1. The normalized spacial score (nSPS) is 9.70. The topological polar surface area (TPSA) is 113 Å². The van der Waals surface area contributed by atoms with Gasteiger partial charge in [0.2, 0.25) is 5.91 Å². The van der Waals surface area contributed by atoms with E-state index in [1.807, 2.05) is 0 Å². The molecule has 0 heterocycles. The van der Waals surface area contributed by atoms with Crippen LogP contribution in [0.25, 0.3) is 0 Å². The molecule has 0 aliphatic heterocycles. The minimum Gasteiger partial charge on any atom is -0.399 e. The Kier molecular flexibility index (Phi) is 5.79. The molecule has 0 unspecified atom stereocenters. The summed E-state index contributed by atoms with van der Waals surface area (Å²) in [7, 11) is 0. The van der Waals surface area contributed by atoms with Gasteiger partial charge in [-0.15, -0.1) is 0 Å². The number of nitrogens with one attached hydrogen (secondary N) is 3. The zero-order valence-corrected chi connectivity index (χ0v) is 11.6. The molecule has 0 saturated carbocycles. The fraction of sp³-hybridized carbons (Fsp3) is 0.250. The lowest BCUT2D eigenvalue weighted by atomic mass is 10.3. The molecule has 1 rings (SSSR count). The molecule has 0 saturated heterocycles. The third-order valence-electron chi connectivity index (χ3n) is 2.23. The number of amides is 3. The number of carbonyl (C=O) groups is 3. The Morgan fingerprint density at radius 1 is 1.15 bits per heavy atom. The van der Waals surface area contributed by atoms with Crippen molar-refractivity contribution < 1.29 is 14.4 Å². The van der Waals surface area contributed by atoms with Crippen LogP contribution < -0.4 is 21.7 Å². The van der Waals surface area contributed by atoms with Crippen LogP contribution in [0.15, 0.2) is 18.2 Å². The Morgan fingerprint density at radius 3 is 2.40 bits per heavy atom. The Balaban J connectivity index is 2.45. The lowest BCUT2D eigenvalue weighted by molar-refractivity contribution is -0.136. The zero-order chi connectivity index (χ0) is 15.1. The number of benzene rings is 1. The van der Waals surface area contributed by atoms with Gasteiger partial charge in [0.15, 0.2) is 0 Å². The van der Waals surface area contributed by atoms with Crippen LogP contribution in [0.2, 0.25) is 5.02 Å². The van der Waals surface area contributed by atoms with Crippen LogP contribution in [0.5, 0.6) is 0 Å². The molecule has 1 aromatic carbocycles. The van der Waals surface area contributed by atoms with Crippen molar-refractivity contribution in [1.29, 1.82) is 0 Å². The van der Waals surface area contributed by atoms with E-state index in [4.69, 9.17) is 17.3 Å². The van der Waals surface area contributed by atoms with E-state index < -0.39 is 11.8 Å². The predicted molar refractivity (Wildman–Crippen MR) is 76.2 cm³/mol. The molecule has 0 radical (unpaired) electrons. The molecule has 5 N–H and O–H groups in total. The molecule has 0 atom stereocenters. The van der Waals surface area contributed by atoms with Gasteiger partial charge in [-0.2, -0.15) is 0 Å². The Bertz CT molecular complexity index is 533. The maximum absolute atomic E-state index is 11.6. The van der Waals surface area contributed by atoms with Gasteiger partial charge in [-0.1, -0.05) is 11.6 Å². The summed E-state index contributed by atoms with van der Waals surface area (Å²) in [4.78, 5) is 33.6. The SMILES string of the molecule is CC(=O)NCCNC(=O)C(=O)Nc1ccc(N)cc1Cl. The van der Waals surface area contributed by atoms with Gasteiger partial charge >= 0.3 is 11.8 Å². The standard InChI is InChI=1S/C12H15ClN4O3/c1-7(18)15-4-5-16-11(19)12(20)17-10-3-2-8(14)6-9(10)13/h2-3,6H,4-5,14H2,1H3,(H,15,18)(H,16,19)(H,17,20). The average Bonchev–Trinajstić information content (AvgIpc) is 2.37. The largest absolute Gasteiger partial charge is 0.399 e. The molecule has 8 heteroatoms. The lowest BCUT2D eigenvalue weighted by Crippen LogP contribution is -2.39. The van der Waals surface area contributed by atoms with E-state index in [1.54, 1.807) is 6.07 Å². The molecule has 0 aliphatic rings. The highest BCUT2D eigenvalue weighted by molar-refractivity contribution is 6.41. The number of nitrogen functional groups attached to an aromatic ring is 1. The Hall–Kier alpha value is -2.28. The summed E-state index contributed by atoms with van der Waals surface area (Å²) in [6.07, 6.45) is 0. The van der Waals surface area contributed by atoms with Gasteiger partial charge in [-0.3, -0.25) is 14.4 Å². The van der Waals surface area contributed by atoms with Gasteiger partial charge in [0, 0.05) is 25.7 Å². The number of hydrogen-bond donors (Lipinski definition) is 4. The first kappa shape index (κ1) is 15.8. The van der Waals surface area contributed by atoms with Crippen molar-refractivity contribution in [1.82, 2.24) is 10.6 Å². The lowest BCUT2D eigenvalue weighted by Gasteiger charge is -2.08. The van der Waals surface area contributed by atoms with Crippen molar-refractivity contribution in [2.75, 3.05) is 24.1 Å². The molecular weight excluding hydrogens is 284 g/mol. The second-order valence-electron chi connectivity index (χ2n) is 3.93. The summed E-state index contributed by atoms with van der Waals surface area (Å²) in [5.41, 5.74) is 6.26. The van der Waals surface area contributed by atoms with E-state index in [0.717, 1.165) is 0 Å². The summed E-state index contributed by atoms with van der Waals surface area (Å²) in [6, 6.07) is 4.52. The first-order chi connectivity index (χ1) is 9.40. The molecule has 0 fully saturated rings. The second kappa shape index (κ2) is 7.34. The maximum Gasteiger partial charge on any atom is 0.313 e. The number of anilines is 2. The molecule has 0 spiro atoms. The van der Waals surface area contributed by atoms with Crippen LogP contribution in [0, 0.1) is 0 Å². The van der Waals surface area contributed by atoms with Gasteiger partial charge in [0.1, 0.15) is 0 Å². The molecule has 7 nitrogen and oxygen atoms in total. The highest BCUT2D eigenvalue weighted by Gasteiger charge is 2.14. The van der Waals surface area contributed by atoms with E-state index in [2.05, 4.69) is 16.0 Å². The van der Waals surface area contributed by atoms with Crippen LogP contribution in [0.3, 0.4) is 0 Å². The average molecular weight is 299 g/mol. The van der Waals surface area contributed by atoms with E-state index >= 15 is 0 Å². The van der Waals surface area contributed by atoms with Crippen LogP contribution >= 0.6 is 11.6 Å². The van der Waals surface area contributed by atoms with Gasteiger partial charge in [-0.05, 0) is 18.2 Å². The van der Waals surface area contributed by atoms with Gasteiger partial charge in [0.05, 0.1) is 10.7 Å².